The average molecular weight is 436 g/mol. The monoisotopic (exact) mass is 435 g/mol. The minimum atomic E-state index is -0.109. The normalized spacial score (nSPS) is 14.3. The van der Waals surface area contributed by atoms with E-state index in [1.165, 1.54) is 41.0 Å². The molecule has 0 amide bonds. The fourth-order valence-corrected chi connectivity index (χ4v) is 5.55. The van der Waals surface area contributed by atoms with E-state index in [4.69, 9.17) is 4.74 Å². The van der Waals surface area contributed by atoms with Crippen molar-refractivity contribution in [2.45, 2.75) is 76.0 Å². The van der Waals surface area contributed by atoms with Crippen LogP contribution in [0.5, 0.6) is 0 Å². The van der Waals surface area contributed by atoms with Gasteiger partial charge in [-0.15, -0.1) is 11.8 Å². The highest BCUT2D eigenvalue weighted by molar-refractivity contribution is 7.99. The molecule has 2 aromatic rings. The van der Waals surface area contributed by atoms with E-state index >= 15 is 0 Å². The van der Waals surface area contributed by atoms with Crippen molar-refractivity contribution in [1.82, 2.24) is 4.98 Å². The van der Waals surface area contributed by atoms with Crippen molar-refractivity contribution in [1.29, 1.82) is 0 Å². The van der Waals surface area contributed by atoms with E-state index < -0.39 is 0 Å². The molecule has 2 heterocycles. The van der Waals surface area contributed by atoms with Gasteiger partial charge >= 0.3 is 5.97 Å². The molecule has 31 heavy (non-hydrogen) atoms. The zero-order valence-electron chi connectivity index (χ0n) is 19.0. The predicted molar refractivity (Wildman–Crippen MR) is 128 cm³/mol. The summed E-state index contributed by atoms with van der Waals surface area (Å²) in [6.07, 6.45) is 8.70. The number of rotatable bonds is 8. The number of ether oxygens (including phenoxy) is 1. The largest absolute Gasteiger partial charge is 0.466 e. The number of benzene rings is 1. The fourth-order valence-electron chi connectivity index (χ4n) is 4.24. The molecule has 0 spiro atoms. The number of carbonyl (C=O) groups excluding carboxylic acids is 1. The number of fused-ring (bicyclic) bond motifs is 1. The second kappa shape index (κ2) is 11.4. The van der Waals surface area contributed by atoms with Gasteiger partial charge in [0.05, 0.1) is 6.61 Å². The highest BCUT2D eigenvalue weighted by atomic mass is 32.2. The molecule has 4 heteroatoms. The Labute approximate surface area is 191 Å². The van der Waals surface area contributed by atoms with E-state index in [9.17, 15) is 4.79 Å². The molecule has 0 fully saturated rings. The van der Waals surface area contributed by atoms with Crippen LogP contribution in [0.2, 0.25) is 0 Å². The van der Waals surface area contributed by atoms with Crippen LogP contribution < -0.4 is 0 Å². The van der Waals surface area contributed by atoms with Crippen LogP contribution >= 0.6 is 11.8 Å². The van der Waals surface area contributed by atoms with Gasteiger partial charge in [0.25, 0.3) is 0 Å². The smallest absolute Gasteiger partial charge is 0.305 e. The third kappa shape index (κ3) is 6.14. The molecule has 1 aromatic heterocycles. The van der Waals surface area contributed by atoms with Gasteiger partial charge in [0.2, 0.25) is 0 Å². The van der Waals surface area contributed by atoms with Crippen LogP contribution in [-0.2, 0) is 21.4 Å². The minimum Gasteiger partial charge on any atom is -0.466 e. The minimum absolute atomic E-state index is 0.109. The van der Waals surface area contributed by atoms with Gasteiger partial charge in [-0.2, -0.15) is 0 Å². The number of pyridine rings is 1. The zero-order valence-corrected chi connectivity index (χ0v) is 19.8. The molecular weight excluding hydrogens is 402 g/mol. The molecular formula is C27H33NO2S. The quantitative estimate of drug-likeness (QED) is 0.277. The summed E-state index contributed by atoms with van der Waals surface area (Å²) in [6.45, 7) is 6.91. The molecule has 1 aliphatic rings. The predicted octanol–water partition coefficient (Wildman–Crippen LogP) is 6.31. The summed E-state index contributed by atoms with van der Waals surface area (Å²) >= 11 is 1.97. The number of esters is 1. The Morgan fingerprint density at radius 3 is 2.68 bits per heavy atom. The van der Waals surface area contributed by atoms with Gasteiger partial charge in [-0.3, -0.25) is 4.79 Å². The van der Waals surface area contributed by atoms with Gasteiger partial charge in [0.15, 0.2) is 0 Å². The van der Waals surface area contributed by atoms with Crippen LogP contribution in [0.1, 0.15) is 81.7 Å². The molecule has 3 nitrogen and oxygen atoms in total. The first-order valence-electron chi connectivity index (χ1n) is 11.5. The van der Waals surface area contributed by atoms with Crippen molar-refractivity contribution in [2.75, 3.05) is 12.4 Å². The fraction of sp³-hybridized carbons (Fsp3) is 0.481. The van der Waals surface area contributed by atoms with Crippen molar-refractivity contribution >= 4 is 17.7 Å². The Bertz CT molecular complexity index is 936. The van der Waals surface area contributed by atoms with Crippen molar-refractivity contribution in [3.63, 3.8) is 0 Å². The maximum atomic E-state index is 11.4. The molecule has 0 unspecified atom stereocenters. The van der Waals surface area contributed by atoms with Gasteiger partial charge in [-0.25, -0.2) is 4.98 Å². The molecule has 0 atom stereocenters. The molecule has 0 aliphatic carbocycles. The maximum absolute atomic E-state index is 11.4. The summed E-state index contributed by atoms with van der Waals surface area (Å²) < 4.78 is 4.96. The van der Waals surface area contributed by atoms with Crippen LogP contribution in [-0.4, -0.2) is 23.3 Å². The first-order chi connectivity index (χ1) is 15.1. The van der Waals surface area contributed by atoms with Gasteiger partial charge in [-0.05, 0) is 97.9 Å². The average Bonchev–Trinajstić information content (AvgIpc) is 2.81. The van der Waals surface area contributed by atoms with E-state index in [-0.39, 0.29) is 5.97 Å². The molecule has 164 valence electrons. The Kier molecular flexibility index (Phi) is 8.60. The lowest BCUT2D eigenvalue weighted by Crippen LogP contribution is -2.28. The first-order valence-corrected chi connectivity index (χ1v) is 12.5. The van der Waals surface area contributed by atoms with Crippen molar-refractivity contribution in [3.05, 3.63) is 58.9 Å². The molecule has 1 aliphatic heterocycles. The number of thioether (sulfide) groups is 1. The van der Waals surface area contributed by atoms with Crippen molar-refractivity contribution in [3.8, 4) is 11.8 Å². The topological polar surface area (TPSA) is 39.2 Å². The van der Waals surface area contributed by atoms with Gasteiger partial charge < -0.3 is 4.74 Å². The first kappa shape index (κ1) is 23.4. The van der Waals surface area contributed by atoms with Crippen LogP contribution in [0.4, 0.5) is 0 Å². The SMILES string of the molecule is CCOC(=O)CCCCc1ccc(C#Cc2ccc3c(c2)C(CC)(CC)CCS3)nc1. The standard InChI is InChI=1S/C27H33NO2S/c1-4-27(5-2)17-18-31-25-16-13-21(19-24(25)27)11-14-23-15-12-22(20-28-23)9-7-8-10-26(29)30-6-3/h12-13,15-16,19-20H,4-10,17-18H2,1-3H3. The highest BCUT2D eigenvalue weighted by Crippen LogP contribution is 2.46. The lowest BCUT2D eigenvalue weighted by molar-refractivity contribution is -0.143. The second-order valence-electron chi connectivity index (χ2n) is 8.11. The van der Waals surface area contributed by atoms with E-state index in [1.54, 1.807) is 0 Å². The highest BCUT2D eigenvalue weighted by Gasteiger charge is 2.33. The van der Waals surface area contributed by atoms with Gasteiger partial charge in [0, 0.05) is 23.1 Å². The summed E-state index contributed by atoms with van der Waals surface area (Å²) in [5.41, 5.74) is 4.81. The molecule has 0 bridgehead atoms. The number of hydrogen-bond donors (Lipinski definition) is 0. The molecule has 0 saturated heterocycles. The summed E-state index contributed by atoms with van der Waals surface area (Å²) in [7, 11) is 0. The number of nitrogens with zero attached hydrogens (tertiary/aromatic N) is 1. The third-order valence-corrected chi connectivity index (χ3v) is 7.38. The maximum Gasteiger partial charge on any atom is 0.305 e. The lowest BCUT2D eigenvalue weighted by Gasteiger charge is -2.37. The van der Waals surface area contributed by atoms with E-state index in [1.807, 2.05) is 30.9 Å². The molecule has 0 saturated carbocycles. The Morgan fingerprint density at radius 2 is 1.97 bits per heavy atom. The summed E-state index contributed by atoms with van der Waals surface area (Å²) in [5.74, 6) is 7.64. The number of hydrogen-bond acceptors (Lipinski definition) is 4. The van der Waals surface area contributed by atoms with E-state index in [0.29, 0.717) is 18.4 Å². The Balaban J connectivity index is 1.62. The summed E-state index contributed by atoms with van der Waals surface area (Å²) in [4.78, 5) is 17.3. The van der Waals surface area contributed by atoms with E-state index in [0.717, 1.165) is 30.5 Å². The van der Waals surface area contributed by atoms with Gasteiger partial charge in [0.1, 0.15) is 5.69 Å². The van der Waals surface area contributed by atoms with Crippen molar-refractivity contribution in [2.24, 2.45) is 0 Å². The number of unbranched alkanes of at least 4 members (excludes halogenated alkanes) is 1. The van der Waals surface area contributed by atoms with Crippen LogP contribution in [0.25, 0.3) is 0 Å². The second-order valence-corrected chi connectivity index (χ2v) is 9.25. The lowest BCUT2D eigenvalue weighted by atomic mass is 9.73. The van der Waals surface area contributed by atoms with Crippen LogP contribution in [0, 0.1) is 11.8 Å². The zero-order chi connectivity index (χ0) is 22.1. The number of aromatic nitrogens is 1. The van der Waals surface area contributed by atoms with Crippen LogP contribution in [0.15, 0.2) is 41.4 Å². The summed E-state index contributed by atoms with van der Waals surface area (Å²) in [5, 5.41) is 0. The Hall–Kier alpha value is -2.25. The molecule has 0 N–H and O–H groups in total. The molecule has 3 rings (SSSR count). The number of carbonyl (C=O) groups is 1. The molecule has 0 radical (unpaired) electrons. The summed E-state index contributed by atoms with van der Waals surface area (Å²) in [6, 6.07) is 10.8. The third-order valence-electron chi connectivity index (χ3n) is 6.30. The number of aryl methyl sites for hydroxylation is 1. The van der Waals surface area contributed by atoms with Crippen molar-refractivity contribution < 1.29 is 9.53 Å². The molecule has 1 aromatic carbocycles. The van der Waals surface area contributed by atoms with E-state index in [2.05, 4.69) is 54.9 Å². The van der Waals surface area contributed by atoms with Crippen LogP contribution in [0.3, 0.4) is 0 Å². The van der Waals surface area contributed by atoms with Gasteiger partial charge in [-0.1, -0.05) is 25.8 Å². The Morgan fingerprint density at radius 1 is 1.13 bits per heavy atom.